The van der Waals surface area contributed by atoms with Crippen LogP contribution in [-0.2, 0) is 9.47 Å². The molecule has 1 aromatic heterocycles. The van der Waals surface area contributed by atoms with E-state index in [1.165, 1.54) is 11.3 Å². The van der Waals surface area contributed by atoms with Gasteiger partial charge in [-0.2, -0.15) is 0 Å². The van der Waals surface area contributed by atoms with Crippen LogP contribution in [0.15, 0.2) is 24.3 Å². The van der Waals surface area contributed by atoms with Gasteiger partial charge < -0.3 is 14.4 Å². The molecule has 2 aliphatic rings. The van der Waals surface area contributed by atoms with Crippen molar-refractivity contribution in [3.05, 3.63) is 39.9 Å². The molecular weight excluding hydrogens is 372 g/mol. The first-order valence-electron chi connectivity index (χ1n) is 8.87. The second-order valence-corrected chi connectivity index (χ2v) is 8.14. The van der Waals surface area contributed by atoms with Crippen LogP contribution in [-0.4, -0.2) is 48.4 Å². The van der Waals surface area contributed by atoms with E-state index < -0.39 is 0 Å². The second kappa shape index (κ2) is 7.64. The van der Waals surface area contributed by atoms with E-state index in [4.69, 9.17) is 21.1 Å². The van der Waals surface area contributed by atoms with Gasteiger partial charge in [-0.15, -0.1) is 11.3 Å². The molecule has 0 aliphatic carbocycles. The number of thiazole rings is 1. The largest absolute Gasteiger partial charge is 0.350 e. The minimum Gasteiger partial charge on any atom is -0.350 e. The first-order valence-corrected chi connectivity index (χ1v) is 10.1. The summed E-state index contributed by atoms with van der Waals surface area (Å²) in [5.41, 5.74) is 1.76. The summed E-state index contributed by atoms with van der Waals surface area (Å²) in [5, 5.41) is 1.53. The molecule has 138 valence electrons. The van der Waals surface area contributed by atoms with Crippen LogP contribution in [0.5, 0.6) is 0 Å². The van der Waals surface area contributed by atoms with Crippen LogP contribution < -0.4 is 0 Å². The number of hydrogen-bond acceptors (Lipinski definition) is 5. The Balaban J connectivity index is 1.51. The molecule has 2 saturated heterocycles. The molecule has 1 unspecified atom stereocenters. The van der Waals surface area contributed by atoms with E-state index in [-0.39, 0.29) is 18.1 Å². The van der Waals surface area contributed by atoms with Crippen molar-refractivity contribution in [3.63, 3.8) is 0 Å². The van der Waals surface area contributed by atoms with Crippen molar-refractivity contribution in [2.24, 2.45) is 5.92 Å². The lowest BCUT2D eigenvalue weighted by Crippen LogP contribution is -2.43. The number of aryl methyl sites for hydroxylation is 1. The van der Waals surface area contributed by atoms with Gasteiger partial charge in [0.05, 0.1) is 18.9 Å². The molecule has 7 heteroatoms. The summed E-state index contributed by atoms with van der Waals surface area (Å²) >= 11 is 7.40. The maximum atomic E-state index is 13.1. The number of hydrogen-bond donors (Lipinski definition) is 0. The summed E-state index contributed by atoms with van der Waals surface area (Å²) in [6, 6.07) is 7.54. The number of nitrogens with zero attached hydrogens (tertiary/aromatic N) is 2. The zero-order chi connectivity index (χ0) is 18.1. The molecule has 2 aromatic rings. The van der Waals surface area contributed by atoms with E-state index in [0.717, 1.165) is 35.7 Å². The lowest BCUT2D eigenvalue weighted by atomic mass is 9.97. The van der Waals surface area contributed by atoms with Gasteiger partial charge in [-0.1, -0.05) is 23.7 Å². The van der Waals surface area contributed by atoms with Gasteiger partial charge in [0.1, 0.15) is 9.88 Å². The highest BCUT2D eigenvalue weighted by Crippen LogP contribution is 2.31. The highest BCUT2D eigenvalue weighted by Gasteiger charge is 2.34. The van der Waals surface area contributed by atoms with E-state index in [1.54, 1.807) is 0 Å². The maximum absolute atomic E-state index is 13.1. The fourth-order valence-electron chi connectivity index (χ4n) is 3.52. The molecular formula is C19H21ClN2O3S. The lowest BCUT2D eigenvalue weighted by Gasteiger charge is -2.34. The standard InChI is InChI=1S/C19H21ClN2O3S/c1-12-16(26-17(21-12)13-4-6-15(20)7-5-13)18(23)22-8-2-3-14(11-22)19-24-9-10-25-19/h4-7,14,19H,2-3,8-11H2,1H3. The molecule has 0 saturated carbocycles. The minimum atomic E-state index is -0.169. The van der Waals surface area contributed by atoms with Gasteiger partial charge in [0.2, 0.25) is 0 Å². The van der Waals surface area contributed by atoms with Gasteiger partial charge >= 0.3 is 0 Å². The molecule has 4 rings (SSSR count). The van der Waals surface area contributed by atoms with Crippen molar-refractivity contribution in [2.45, 2.75) is 26.1 Å². The Hall–Kier alpha value is -1.47. The Bertz CT molecular complexity index is 787. The number of carbonyl (C=O) groups is 1. The van der Waals surface area contributed by atoms with Gasteiger partial charge in [0.15, 0.2) is 6.29 Å². The van der Waals surface area contributed by atoms with Crippen molar-refractivity contribution in [1.82, 2.24) is 9.88 Å². The SMILES string of the molecule is Cc1nc(-c2ccc(Cl)cc2)sc1C(=O)N1CCCC(C2OCCO2)C1. The number of carbonyl (C=O) groups excluding carboxylic acids is 1. The molecule has 1 amide bonds. The Kier molecular flexibility index (Phi) is 5.27. The molecule has 2 fully saturated rings. The van der Waals surface area contributed by atoms with Crippen molar-refractivity contribution < 1.29 is 14.3 Å². The summed E-state index contributed by atoms with van der Waals surface area (Å²) in [7, 11) is 0. The number of aromatic nitrogens is 1. The molecule has 1 atom stereocenters. The van der Waals surface area contributed by atoms with E-state index in [1.807, 2.05) is 36.1 Å². The average molecular weight is 393 g/mol. The summed E-state index contributed by atoms with van der Waals surface area (Å²) in [6.45, 7) is 4.64. The fourth-order valence-corrected chi connectivity index (χ4v) is 4.69. The summed E-state index contributed by atoms with van der Waals surface area (Å²) in [5.74, 6) is 0.307. The third kappa shape index (κ3) is 3.64. The smallest absolute Gasteiger partial charge is 0.265 e. The first kappa shape index (κ1) is 17.9. The Labute approximate surface area is 161 Å². The summed E-state index contributed by atoms with van der Waals surface area (Å²) in [4.78, 5) is 20.3. The van der Waals surface area contributed by atoms with Crippen LogP contribution in [0.2, 0.25) is 5.02 Å². The van der Waals surface area contributed by atoms with Crippen molar-refractivity contribution in [1.29, 1.82) is 0 Å². The molecule has 3 heterocycles. The maximum Gasteiger partial charge on any atom is 0.265 e. The summed E-state index contributed by atoms with van der Waals surface area (Å²) in [6.07, 6.45) is 1.84. The van der Waals surface area contributed by atoms with Crippen molar-refractivity contribution in [3.8, 4) is 10.6 Å². The molecule has 1 aromatic carbocycles. The van der Waals surface area contributed by atoms with Crippen LogP contribution in [0.1, 0.15) is 28.2 Å². The molecule has 26 heavy (non-hydrogen) atoms. The van der Waals surface area contributed by atoms with Gasteiger partial charge in [0.25, 0.3) is 5.91 Å². The molecule has 2 aliphatic heterocycles. The predicted octanol–water partition coefficient (Wildman–Crippen LogP) is 4.00. The molecule has 0 radical (unpaired) electrons. The molecule has 0 spiro atoms. The number of benzene rings is 1. The highest BCUT2D eigenvalue weighted by molar-refractivity contribution is 7.17. The zero-order valence-electron chi connectivity index (χ0n) is 14.6. The van der Waals surface area contributed by atoms with Gasteiger partial charge in [-0.05, 0) is 31.9 Å². The van der Waals surface area contributed by atoms with Crippen LogP contribution in [0.25, 0.3) is 10.6 Å². The van der Waals surface area contributed by atoms with E-state index in [9.17, 15) is 4.79 Å². The van der Waals surface area contributed by atoms with E-state index in [0.29, 0.717) is 29.7 Å². The number of halogens is 1. The van der Waals surface area contributed by atoms with Crippen LogP contribution in [0.3, 0.4) is 0 Å². The van der Waals surface area contributed by atoms with Gasteiger partial charge in [0, 0.05) is 29.6 Å². The molecule has 5 nitrogen and oxygen atoms in total. The van der Waals surface area contributed by atoms with Crippen LogP contribution >= 0.6 is 22.9 Å². The number of amides is 1. The minimum absolute atomic E-state index is 0.0583. The average Bonchev–Trinajstić information content (AvgIpc) is 3.32. The Morgan fingerprint density at radius 3 is 2.73 bits per heavy atom. The fraction of sp³-hybridized carbons (Fsp3) is 0.474. The lowest BCUT2D eigenvalue weighted by molar-refractivity contribution is -0.0969. The number of rotatable bonds is 3. The van der Waals surface area contributed by atoms with E-state index >= 15 is 0 Å². The predicted molar refractivity (Wildman–Crippen MR) is 102 cm³/mol. The molecule has 0 bridgehead atoms. The number of ether oxygens (including phenoxy) is 2. The van der Waals surface area contributed by atoms with Gasteiger partial charge in [-0.3, -0.25) is 4.79 Å². The van der Waals surface area contributed by atoms with Crippen molar-refractivity contribution >= 4 is 28.8 Å². The normalized spacial score (nSPS) is 21.3. The van der Waals surface area contributed by atoms with Crippen molar-refractivity contribution in [2.75, 3.05) is 26.3 Å². The Morgan fingerprint density at radius 2 is 2.00 bits per heavy atom. The quantitative estimate of drug-likeness (QED) is 0.792. The highest BCUT2D eigenvalue weighted by atomic mass is 35.5. The topological polar surface area (TPSA) is 51.7 Å². The van der Waals surface area contributed by atoms with Gasteiger partial charge in [-0.25, -0.2) is 4.98 Å². The number of piperidine rings is 1. The second-order valence-electron chi connectivity index (χ2n) is 6.70. The van der Waals surface area contributed by atoms with Crippen LogP contribution in [0.4, 0.5) is 0 Å². The third-order valence-electron chi connectivity index (χ3n) is 4.86. The Morgan fingerprint density at radius 1 is 1.27 bits per heavy atom. The third-order valence-corrected chi connectivity index (χ3v) is 6.31. The first-order chi connectivity index (χ1) is 12.6. The molecule has 0 N–H and O–H groups in total. The van der Waals surface area contributed by atoms with E-state index in [2.05, 4.69) is 4.98 Å². The zero-order valence-corrected chi connectivity index (χ0v) is 16.2. The monoisotopic (exact) mass is 392 g/mol. The number of likely N-dealkylation sites (tertiary alicyclic amines) is 1. The van der Waals surface area contributed by atoms with Crippen LogP contribution in [0, 0.1) is 12.8 Å². The summed E-state index contributed by atoms with van der Waals surface area (Å²) < 4.78 is 11.3.